The molecule has 1 aromatic heterocycles. The third-order valence-corrected chi connectivity index (χ3v) is 3.25. The number of hydrogen-bond acceptors (Lipinski definition) is 4. The van der Waals surface area contributed by atoms with Crippen molar-refractivity contribution in [3.63, 3.8) is 0 Å². The van der Waals surface area contributed by atoms with Crippen LogP contribution < -0.4 is 5.32 Å². The fraction of sp³-hybridized carbons (Fsp3) is 0. The standard InChI is InChI=1S/C13H7F2N3OS/c14-8-2-4-10(9(15)6-8)16-13(19)7-1-3-11-12(5-7)18-20-17-11/h1-6H,(H,16,19). The normalized spacial score (nSPS) is 10.7. The Morgan fingerprint density at radius 3 is 2.65 bits per heavy atom. The summed E-state index contributed by atoms with van der Waals surface area (Å²) in [7, 11) is 0. The van der Waals surface area contributed by atoms with Gasteiger partial charge < -0.3 is 5.32 Å². The topological polar surface area (TPSA) is 54.9 Å². The van der Waals surface area contributed by atoms with Crippen molar-refractivity contribution < 1.29 is 13.6 Å². The Morgan fingerprint density at radius 1 is 1.05 bits per heavy atom. The monoisotopic (exact) mass is 291 g/mol. The second kappa shape index (κ2) is 4.93. The Hall–Kier alpha value is -2.41. The van der Waals surface area contributed by atoms with E-state index >= 15 is 0 Å². The Morgan fingerprint density at radius 2 is 1.85 bits per heavy atom. The number of fused-ring (bicyclic) bond motifs is 1. The SMILES string of the molecule is O=C(Nc1ccc(F)cc1F)c1ccc2nsnc2c1. The molecule has 0 saturated carbocycles. The van der Waals surface area contributed by atoms with Crippen molar-refractivity contribution in [2.45, 2.75) is 0 Å². The highest BCUT2D eigenvalue weighted by molar-refractivity contribution is 7.00. The molecule has 0 spiro atoms. The summed E-state index contributed by atoms with van der Waals surface area (Å²) in [4.78, 5) is 12.0. The van der Waals surface area contributed by atoms with E-state index in [4.69, 9.17) is 0 Å². The Balaban J connectivity index is 1.88. The van der Waals surface area contributed by atoms with Crippen LogP contribution in [0.25, 0.3) is 11.0 Å². The zero-order chi connectivity index (χ0) is 14.1. The Labute approximate surface area is 116 Å². The molecule has 0 bridgehead atoms. The zero-order valence-corrected chi connectivity index (χ0v) is 10.7. The first-order chi connectivity index (χ1) is 9.63. The van der Waals surface area contributed by atoms with Gasteiger partial charge in [-0.1, -0.05) is 0 Å². The summed E-state index contributed by atoms with van der Waals surface area (Å²) in [6, 6.07) is 7.76. The Kier molecular flexibility index (Phi) is 3.11. The number of nitrogens with one attached hydrogen (secondary N) is 1. The van der Waals surface area contributed by atoms with Gasteiger partial charge in [-0.05, 0) is 30.3 Å². The van der Waals surface area contributed by atoms with E-state index in [1.165, 1.54) is 6.07 Å². The smallest absolute Gasteiger partial charge is 0.255 e. The van der Waals surface area contributed by atoms with E-state index in [0.717, 1.165) is 17.8 Å². The van der Waals surface area contributed by atoms with Gasteiger partial charge in [0.2, 0.25) is 0 Å². The number of aromatic nitrogens is 2. The first-order valence-electron chi connectivity index (χ1n) is 5.62. The predicted octanol–water partition coefficient (Wildman–Crippen LogP) is 3.22. The van der Waals surface area contributed by atoms with Gasteiger partial charge in [0.25, 0.3) is 5.91 Å². The number of rotatable bonds is 2. The van der Waals surface area contributed by atoms with Gasteiger partial charge in [0.1, 0.15) is 22.7 Å². The van der Waals surface area contributed by atoms with Gasteiger partial charge in [-0.15, -0.1) is 0 Å². The third-order valence-electron chi connectivity index (χ3n) is 2.70. The van der Waals surface area contributed by atoms with Gasteiger partial charge in [0.15, 0.2) is 0 Å². The van der Waals surface area contributed by atoms with E-state index in [2.05, 4.69) is 14.1 Å². The quantitative estimate of drug-likeness (QED) is 0.788. The highest BCUT2D eigenvalue weighted by Gasteiger charge is 2.11. The fourth-order valence-electron chi connectivity index (χ4n) is 1.71. The van der Waals surface area contributed by atoms with E-state index in [0.29, 0.717) is 22.7 Å². The van der Waals surface area contributed by atoms with Crippen molar-refractivity contribution in [3.8, 4) is 0 Å². The number of anilines is 1. The summed E-state index contributed by atoms with van der Waals surface area (Å²) >= 11 is 1.05. The van der Waals surface area contributed by atoms with Crippen molar-refractivity contribution in [2.75, 3.05) is 5.32 Å². The lowest BCUT2D eigenvalue weighted by molar-refractivity contribution is 0.102. The highest BCUT2D eigenvalue weighted by atomic mass is 32.1. The lowest BCUT2D eigenvalue weighted by atomic mass is 10.2. The number of nitrogens with zero attached hydrogens (tertiary/aromatic N) is 2. The molecule has 3 rings (SSSR count). The molecular formula is C13H7F2N3OS. The maximum absolute atomic E-state index is 13.5. The second-order valence-electron chi connectivity index (χ2n) is 4.05. The van der Waals surface area contributed by atoms with E-state index in [1.54, 1.807) is 18.2 Å². The maximum Gasteiger partial charge on any atom is 0.255 e. The van der Waals surface area contributed by atoms with Crippen molar-refractivity contribution in [1.82, 2.24) is 8.75 Å². The molecule has 0 unspecified atom stereocenters. The third kappa shape index (κ3) is 2.35. The minimum atomic E-state index is -0.824. The molecule has 20 heavy (non-hydrogen) atoms. The van der Waals surface area contributed by atoms with Crippen LogP contribution in [-0.2, 0) is 0 Å². The van der Waals surface area contributed by atoms with Gasteiger partial charge in [-0.2, -0.15) is 8.75 Å². The molecule has 0 fully saturated rings. The summed E-state index contributed by atoms with van der Waals surface area (Å²) in [6.07, 6.45) is 0. The van der Waals surface area contributed by atoms with Crippen LogP contribution >= 0.6 is 11.7 Å². The molecule has 2 aromatic carbocycles. The lowest BCUT2D eigenvalue weighted by Gasteiger charge is -2.06. The number of hydrogen-bond donors (Lipinski definition) is 1. The van der Waals surface area contributed by atoms with Crippen LogP contribution in [0.15, 0.2) is 36.4 Å². The van der Waals surface area contributed by atoms with Gasteiger partial charge >= 0.3 is 0 Å². The van der Waals surface area contributed by atoms with Crippen LogP contribution in [0.1, 0.15) is 10.4 Å². The van der Waals surface area contributed by atoms with Crippen molar-refractivity contribution in [2.24, 2.45) is 0 Å². The molecule has 0 aliphatic carbocycles. The van der Waals surface area contributed by atoms with Gasteiger partial charge in [-0.3, -0.25) is 4.79 Å². The molecule has 0 saturated heterocycles. The summed E-state index contributed by atoms with van der Waals surface area (Å²) < 4.78 is 34.3. The van der Waals surface area contributed by atoms with Crippen LogP contribution in [0, 0.1) is 11.6 Å². The number of carbonyl (C=O) groups excluding carboxylic acids is 1. The molecule has 0 aliphatic rings. The molecule has 1 heterocycles. The first-order valence-corrected chi connectivity index (χ1v) is 6.35. The number of amides is 1. The number of halogens is 2. The van der Waals surface area contributed by atoms with Crippen LogP contribution in [-0.4, -0.2) is 14.7 Å². The number of benzene rings is 2. The lowest BCUT2D eigenvalue weighted by Crippen LogP contribution is -2.13. The minimum absolute atomic E-state index is 0.0760. The average molecular weight is 291 g/mol. The summed E-state index contributed by atoms with van der Waals surface area (Å²) in [6.45, 7) is 0. The molecule has 0 aliphatic heterocycles. The van der Waals surface area contributed by atoms with Crippen LogP contribution in [0.4, 0.5) is 14.5 Å². The summed E-state index contributed by atoms with van der Waals surface area (Å²) in [5, 5.41) is 2.39. The van der Waals surface area contributed by atoms with Crippen LogP contribution in [0.3, 0.4) is 0 Å². The van der Waals surface area contributed by atoms with Crippen molar-refractivity contribution in [1.29, 1.82) is 0 Å². The van der Waals surface area contributed by atoms with Crippen molar-refractivity contribution in [3.05, 3.63) is 53.6 Å². The molecule has 4 nitrogen and oxygen atoms in total. The second-order valence-corrected chi connectivity index (χ2v) is 4.57. The first kappa shape index (κ1) is 12.6. The molecule has 1 N–H and O–H groups in total. The number of carbonyl (C=O) groups is 1. The average Bonchev–Trinajstić information content (AvgIpc) is 2.89. The summed E-state index contributed by atoms with van der Waals surface area (Å²) in [5.74, 6) is -2.02. The predicted molar refractivity (Wildman–Crippen MR) is 71.7 cm³/mol. The molecule has 1 amide bonds. The van der Waals surface area contributed by atoms with E-state index in [9.17, 15) is 13.6 Å². The van der Waals surface area contributed by atoms with E-state index in [1.807, 2.05) is 0 Å². The molecule has 7 heteroatoms. The highest BCUT2D eigenvalue weighted by Crippen LogP contribution is 2.18. The fourth-order valence-corrected chi connectivity index (χ4v) is 2.23. The largest absolute Gasteiger partial charge is 0.319 e. The van der Waals surface area contributed by atoms with Crippen molar-refractivity contribution >= 4 is 34.4 Å². The van der Waals surface area contributed by atoms with Gasteiger partial charge in [-0.25, -0.2) is 8.78 Å². The molecule has 0 atom stereocenters. The Bertz CT molecular complexity index is 803. The van der Waals surface area contributed by atoms with E-state index in [-0.39, 0.29) is 5.69 Å². The molecule has 0 radical (unpaired) electrons. The van der Waals surface area contributed by atoms with Crippen LogP contribution in [0.2, 0.25) is 0 Å². The van der Waals surface area contributed by atoms with Gasteiger partial charge in [0, 0.05) is 11.6 Å². The molecular weight excluding hydrogens is 284 g/mol. The zero-order valence-electron chi connectivity index (χ0n) is 9.93. The van der Waals surface area contributed by atoms with E-state index < -0.39 is 17.5 Å². The minimum Gasteiger partial charge on any atom is -0.319 e. The molecule has 3 aromatic rings. The summed E-state index contributed by atoms with van der Waals surface area (Å²) in [5.41, 5.74) is 1.54. The maximum atomic E-state index is 13.5. The van der Waals surface area contributed by atoms with Crippen LogP contribution in [0.5, 0.6) is 0 Å². The van der Waals surface area contributed by atoms with Gasteiger partial charge in [0.05, 0.1) is 17.4 Å². The molecule has 100 valence electrons.